The van der Waals surface area contributed by atoms with E-state index in [-0.39, 0.29) is 37.6 Å². The molecule has 0 atom stereocenters. The molecule has 0 saturated carbocycles. The first-order valence-electron chi connectivity index (χ1n) is 8.56. The lowest BCUT2D eigenvalue weighted by Gasteiger charge is -2.17. The predicted molar refractivity (Wildman–Crippen MR) is 98.4 cm³/mol. The number of hydrogen-bond donors (Lipinski definition) is 1. The summed E-state index contributed by atoms with van der Waals surface area (Å²) >= 11 is 0. The van der Waals surface area contributed by atoms with Gasteiger partial charge < -0.3 is 29.1 Å². The van der Waals surface area contributed by atoms with Crippen LogP contribution in [0.25, 0.3) is 0 Å². The number of carbonyl (C=O) groups is 3. The van der Waals surface area contributed by atoms with Gasteiger partial charge in [0, 0.05) is 31.8 Å². The van der Waals surface area contributed by atoms with E-state index < -0.39 is 17.9 Å². The minimum atomic E-state index is -0.714. The van der Waals surface area contributed by atoms with E-state index in [1.807, 2.05) is 11.9 Å². The first-order chi connectivity index (χ1) is 12.6. The fourth-order valence-corrected chi connectivity index (χ4v) is 1.74. The van der Waals surface area contributed by atoms with Crippen LogP contribution in [-0.4, -0.2) is 86.3 Å². The molecule has 0 aromatic rings. The molecular formula is C18H30N2O7. The number of rotatable bonds is 14. The average molecular weight is 386 g/mol. The molecule has 0 fully saturated rings. The summed E-state index contributed by atoms with van der Waals surface area (Å²) in [6.45, 7) is 10.3. The molecule has 0 radical (unpaired) electrons. The van der Waals surface area contributed by atoms with Gasteiger partial charge in [0.05, 0.1) is 19.4 Å². The van der Waals surface area contributed by atoms with E-state index in [4.69, 9.17) is 14.6 Å². The highest BCUT2D eigenvalue weighted by Crippen LogP contribution is 2.04. The molecule has 0 aliphatic heterocycles. The van der Waals surface area contributed by atoms with Crippen LogP contribution in [0, 0.1) is 0 Å². The maximum absolute atomic E-state index is 11.7. The van der Waals surface area contributed by atoms with Crippen molar-refractivity contribution in [2.45, 2.75) is 19.8 Å². The molecule has 0 bridgehead atoms. The second kappa shape index (κ2) is 13.9. The Balaban J connectivity index is 3.87. The summed E-state index contributed by atoms with van der Waals surface area (Å²) in [5.41, 5.74) is 0.168. The van der Waals surface area contributed by atoms with Crippen molar-refractivity contribution in [1.82, 2.24) is 9.80 Å². The monoisotopic (exact) mass is 386 g/mol. The molecule has 0 aromatic heterocycles. The van der Waals surface area contributed by atoms with Crippen molar-refractivity contribution in [1.29, 1.82) is 0 Å². The molecule has 0 unspecified atom stereocenters. The zero-order valence-corrected chi connectivity index (χ0v) is 16.4. The van der Waals surface area contributed by atoms with Gasteiger partial charge in [-0.15, -0.1) is 0 Å². The third-order valence-corrected chi connectivity index (χ3v) is 3.40. The minimum absolute atomic E-state index is 0.0441. The summed E-state index contributed by atoms with van der Waals surface area (Å²) in [7, 11) is 3.58. The Labute approximate surface area is 160 Å². The zero-order valence-electron chi connectivity index (χ0n) is 16.4. The molecule has 27 heavy (non-hydrogen) atoms. The van der Waals surface area contributed by atoms with Crippen molar-refractivity contribution in [3.05, 3.63) is 24.7 Å². The van der Waals surface area contributed by atoms with Gasteiger partial charge >= 0.3 is 17.9 Å². The second-order valence-electron chi connectivity index (χ2n) is 6.07. The Morgan fingerprint density at radius 2 is 1.44 bits per heavy atom. The Morgan fingerprint density at radius 3 is 2.00 bits per heavy atom. The molecule has 1 N–H and O–H groups in total. The molecule has 9 heteroatoms. The topological polar surface area (TPSA) is 106 Å². The van der Waals surface area contributed by atoms with Crippen LogP contribution in [0.4, 0.5) is 0 Å². The molecule has 0 amide bonds. The fourth-order valence-electron chi connectivity index (χ4n) is 1.74. The van der Waals surface area contributed by atoms with Crippen molar-refractivity contribution < 1.29 is 33.7 Å². The predicted octanol–water partition coefficient (Wildman–Crippen LogP) is 0.299. The van der Waals surface area contributed by atoms with Crippen LogP contribution in [0.2, 0.25) is 0 Å². The lowest BCUT2D eigenvalue weighted by molar-refractivity contribution is -0.152. The van der Waals surface area contributed by atoms with Crippen LogP contribution in [0.1, 0.15) is 19.8 Å². The molecule has 0 aliphatic rings. The highest BCUT2D eigenvalue weighted by atomic mass is 16.7. The number of nitrogens with zero attached hydrogens (tertiary/aromatic N) is 2. The number of aliphatic hydroxyl groups excluding tert-OH is 1. The molecular weight excluding hydrogens is 356 g/mol. The Kier molecular flexibility index (Phi) is 12.8. The van der Waals surface area contributed by atoms with Gasteiger partial charge in [-0.05, 0) is 27.6 Å². The molecule has 0 saturated heterocycles. The van der Waals surface area contributed by atoms with Gasteiger partial charge in [0.1, 0.15) is 6.61 Å². The standard InChI is InChI=1S/C18H30N2O7/c1-14(2)18(24)27-15(3)26-17(23)7-9-20(5)11-13-25-16(22)6-8-19(4)10-12-21/h21H,1,3,6-13H2,2,4-5H3. The van der Waals surface area contributed by atoms with Crippen LogP contribution < -0.4 is 0 Å². The number of hydrogen-bond acceptors (Lipinski definition) is 9. The average Bonchev–Trinajstić information content (AvgIpc) is 2.58. The maximum Gasteiger partial charge on any atom is 0.340 e. The summed E-state index contributed by atoms with van der Waals surface area (Å²) < 4.78 is 14.6. The third kappa shape index (κ3) is 13.6. The quantitative estimate of drug-likeness (QED) is 0.256. The molecule has 0 spiro atoms. The molecule has 0 heterocycles. The molecule has 0 aliphatic carbocycles. The smallest absolute Gasteiger partial charge is 0.340 e. The highest BCUT2D eigenvalue weighted by Gasteiger charge is 2.13. The van der Waals surface area contributed by atoms with Gasteiger partial charge in [-0.3, -0.25) is 9.59 Å². The van der Waals surface area contributed by atoms with Gasteiger partial charge in [-0.2, -0.15) is 0 Å². The van der Waals surface area contributed by atoms with Crippen molar-refractivity contribution in [3.8, 4) is 0 Å². The van der Waals surface area contributed by atoms with Gasteiger partial charge in [-0.25, -0.2) is 4.79 Å². The lowest BCUT2D eigenvalue weighted by atomic mass is 10.4. The summed E-state index contributed by atoms with van der Waals surface area (Å²) in [6, 6.07) is 0. The first-order valence-corrected chi connectivity index (χ1v) is 8.56. The van der Waals surface area contributed by atoms with Gasteiger partial charge in [-0.1, -0.05) is 6.58 Å². The summed E-state index contributed by atoms with van der Waals surface area (Å²) in [5.74, 6) is -2.02. The van der Waals surface area contributed by atoms with Gasteiger partial charge in [0.25, 0.3) is 5.95 Å². The van der Waals surface area contributed by atoms with Crippen LogP contribution in [-0.2, 0) is 28.6 Å². The van der Waals surface area contributed by atoms with Crippen molar-refractivity contribution in [3.63, 3.8) is 0 Å². The Hall–Kier alpha value is -2.23. The lowest BCUT2D eigenvalue weighted by Crippen LogP contribution is -2.28. The highest BCUT2D eigenvalue weighted by molar-refractivity contribution is 5.87. The summed E-state index contributed by atoms with van der Waals surface area (Å²) in [6.07, 6.45) is 0.303. The Bertz CT molecular complexity index is 534. The largest absolute Gasteiger partial charge is 0.464 e. The maximum atomic E-state index is 11.7. The van der Waals surface area contributed by atoms with E-state index in [0.717, 1.165) is 0 Å². The van der Waals surface area contributed by atoms with Crippen LogP contribution >= 0.6 is 0 Å². The molecule has 9 nitrogen and oxygen atoms in total. The third-order valence-electron chi connectivity index (χ3n) is 3.40. The van der Waals surface area contributed by atoms with E-state index >= 15 is 0 Å². The van der Waals surface area contributed by atoms with E-state index in [0.29, 0.717) is 26.2 Å². The van der Waals surface area contributed by atoms with E-state index in [2.05, 4.69) is 17.9 Å². The van der Waals surface area contributed by atoms with Crippen molar-refractivity contribution in [2.75, 3.05) is 53.5 Å². The number of likely N-dealkylation sites (N-methyl/N-ethyl adjacent to an activating group) is 2. The van der Waals surface area contributed by atoms with E-state index in [1.54, 1.807) is 11.9 Å². The van der Waals surface area contributed by atoms with Gasteiger partial charge in [0.15, 0.2) is 0 Å². The SMILES string of the molecule is C=C(OC(=O)CCN(C)CCOC(=O)CCN(C)CCO)OC(=O)C(=C)C. The number of aliphatic hydroxyl groups is 1. The summed E-state index contributed by atoms with van der Waals surface area (Å²) in [4.78, 5) is 38.1. The van der Waals surface area contributed by atoms with Gasteiger partial charge in [0.2, 0.25) is 0 Å². The van der Waals surface area contributed by atoms with E-state index in [1.165, 1.54) is 6.92 Å². The molecule has 0 rings (SSSR count). The Morgan fingerprint density at radius 1 is 0.889 bits per heavy atom. The van der Waals surface area contributed by atoms with E-state index in [9.17, 15) is 14.4 Å². The van der Waals surface area contributed by atoms with Crippen LogP contribution in [0.5, 0.6) is 0 Å². The van der Waals surface area contributed by atoms with Crippen molar-refractivity contribution >= 4 is 17.9 Å². The second-order valence-corrected chi connectivity index (χ2v) is 6.07. The van der Waals surface area contributed by atoms with Crippen LogP contribution in [0.15, 0.2) is 24.7 Å². The number of carbonyl (C=O) groups excluding carboxylic acids is 3. The number of esters is 3. The van der Waals surface area contributed by atoms with Crippen molar-refractivity contribution in [2.24, 2.45) is 0 Å². The summed E-state index contributed by atoms with van der Waals surface area (Å²) in [5, 5.41) is 8.78. The zero-order chi connectivity index (χ0) is 20.8. The fraction of sp³-hybridized carbons (Fsp3) is 0.611. The number of ether oxygens (including phenoxy) is 3. The molecule has 0 aromatic carbocycles. The van der Waals surface area contributed by atoms with Crippen LogP contribution in [0.3, 0.4) is 0 Å². The minimum Gasteiger partial charge on any atom is -0.464 e. The molecule has 154 valence electrons. The normalized spacial score (nSPS) is 10.6. The first kappa shape index (κ1) is 24.8.